The van der Waals surface area contributed by atoms with Crippen LogP contribution in [0.25, 0.3) is 0 Å². The van der Waals surface area contributed by atoms with Crippen molar-refractivity contribution in [1.82, 2.24) is 0 Å². The summed E-state index contributed by atoms with van der Waals surface area (Å²) in [6.45, 7) is 5.62. The predicted octanol–water partition coefficient (Wildman–Crippen LogP) is 3.63. The van der Waals surface area contributed by atoms with E-state index in [0.717, 1.165) is 0 Å². The quantitative estimate of drug-likeness (QED) is 0.301. The van der Waals surface area contributed by atoms with E-state index in [1.807, 2.05) is 20.8 Å². The van der Waals surface area contributed by atoms with Crippen LogP contribution in [0.15, 0.2) is 0 Å². The molecular formula is C11H16F3IO3S. The van der Waals surface area contributed by atoms with Gasteiger partial charge >= 0.3 is 15.6 Å². The molecule has 0 unspecified atom stereocenters. The Morgan fingerprint density at radius 2 is 1.74 bits per heavy atom. The maximum atomic E-state index is 12.5. The van der Waals surface area contributed by atoms with E-state index in [1.165, 1.54) is 0 Å². The summed E-state index contributed by atoms with van der Waals surface area (Å²) in [6.07, 6.45) is 1.37. The van der Waals surface area contributed by atoms with Gasteiger partial charge in [-0.2, -0.15) is 21.6 Å². The maximum Gasteiger partial charge on any atom is 0.523 e. The second-order valence-corrected chi connectivity index (χ2v) is 9.23. The Balaban J connectivity index is 2.42. The summed E-state index contributed by atoms with van der Waals surface area (Å²) >= 11 is 2.19. The van der Waals surface area contributed by atoms with E-state index in [-0.39, 0.29) is 9.34 Å². The normalized spacial score (nSPS) is 41.7. The molecular weight excluding hydrogens is 396 g/mol. The van der Waals surface area contributed by atoms with Gasteiger partial charge in [-0.05, 0) is 24.7 Å². The molecule has 3 atom stereocenters. The summed E-state index contributed by atoms with van der Waals surface area (Å²) in [5, 5.41) is 0. The smallest absolute Gasteiger partial charge is 0.256 e. The molecule has 2 saturated carbocycles. The molecule has 2 fully saturated rings. The molecule has 0 spiro atoms. The second-order valence-electron chi connectivity index (χ2n) is 6.19. The van der Waals surface area contributed by atoms with Crippen LogP contribution >= 0.6 is 22.6 Å². The van der Waals surface area contributed by atoms with Crippen molar-refractivity contribution in [2.45, 2.75) is 55.1 Å². The van der Waals surface area contributed by atoms with Crippen molar-refractivity contribution in [3.63, 3.8) is 0 Å². The lowest BCUT2D eigenvalue weighted by molar-refractivity contribution is -0.0785. The SMILES string of the molecule is CC1(C)[C@@]2(OS(=O)(=O)C(F)(F)F)CC[C@]1(C)[C@@H](I)C2. The van der Waals surface area contributed by atoms with Crippen LogP contribution in [0, 0.1) is 10.8 Å². The fourth-order valence-electron chi connectivity index (χ4n) is 3.46. The summed E-state index contributed by atoms with van der Waals surface area (Å²) in [6, 6.07) is 0. The lowest BCUT2D eigenvalue weighted by Gasteiger charge is -2.40. The molecule has 0 amide bonds. The van der Waals surface area contributed by atoms with Crippen LogP contribution in [0.3, 0.4) is 0 Å². The van der Waals surface area contributed by atoms with Gasteiger partial charge in [-0.1, -0.05) is 43.4 Å². The van der Waals surface area contributed by atoms with Crippen LogP contribution in [0.2, 0.25) is 0 Å². The van der Waals surface area contributed by atoms with Gasteiger partial charge in [0, 0.05) is 9.34 Å². The fourth-order valence-corrected chi connectivity index (χ4v) is 6.14. The number of hydrogen-bond donors (Lipinski definition) is 0. The third kappa shape index (κ3) is 1.88. The molecule has 19 heavy (non-hydrogen) atoms. The monoisotopic (exact) mass is 412 g/mol. The van der Waals surface area contributed by atoms with E-state index in [2.05, 4.69) is 22.6 Å². The van der Waals surface area contributed by atoms with Crippen LogP contribution in [-0.2, 0) is 14.3 Å². The first-order chi connectivity index (χ1) is 8.29. The second kappa shape index (κ2) is 4.00. The molecule has 0 N–H and O–H groups in total. The lowest BCUT2D eigenvalue weighted by atomic mass is 9.70. The largest absolute Gasteiger partial charge is 0.523 e. The number of halogens is 4. The van der Waals surface area contributed by atoms with Gasteiger partial charge in [-0.15, -0.1) is 0 Å². The molecule has 2 aliphatic rings. The van der Waals surface area contributed by atoms with Crippen molar-refractivity contribution in [1.29, 1.82) is 0 Å². The van der Waals surface area contributed by atoms with Crippen molar-refractivity contribution in [2.24, 2.45) is 10.8 Å². The van der Waals surface area contributed by atoms with Gasteiger partial charge in [0.15, 0.2) is 0 Å². The molecule has 2 rings (SSSR count). The van der Waals surface area contributed by atoms with Crippen molar-refractivity contribution >= 4 is 32.7 Å². The molecule has 8 heteroatoms. The highest BCUT2D eigenvalue weighted by Crippen LogP contribution is 2.71. The molecule has 0 aromatic rings. The fraction of sp³-hybridized carbons (Fsp3) is 1.00. The molecule has 2 aliphatic carbocycles. The minimum Gasteiger partial charge on any atom is -0.256 e. The third-order valence-corrected chi connectivity index (χ3v) is 8.29. The average molecular weight is 412 g/mol. The average Bonchev–Trinajstić information content (AvgIpc) is 2.45. The highest BCUT2D eigenvalue weighted by atomic mass is 127. The molecule has 112 valence electrons. The van der Waals surface area contributed by atoms with Gasteiger partial charge in [0.05, 0.1) is 5.60 Å². The van der Waals surface area contributed by atoms with Gasteiger partial charge in [-0.3, -0.25) is 4.18 Å². The molecule has 0 radical (unpaired) electrons. The Morgan fingerprint density at radius 1 is 1.21 bits per heavy atom. The number of fused-ring (bicyclic) bond motifs is 2. The summed E-state index contributed by atoms with van der Waals surface area (Å²) in [5.41, 5.74) is -7.40. The van der Waals surface area contributed by atoms with Crippen LogP contribution in [-0.4, -0.2) is 23.5 Å². The third-order valence-electron chi connectivity index (χ3n) is 5.37. The van der Waals surface area contributed by atoms with Crippen LogP contribution in [0.1, 0.15) is 40.0 Å². The summed E-state index contributed by atoms with van der Waals surface area (Å²) in [7, 11) is -5.55. The Kier molecular flexibility index (Phi) is 3.33. The van der Waals surface area contributed by atoms with Gasteiger partial charge in [0.2, 0.25) is 0 Å². The molecule has 0 saturated heterocycles. The first kappa shape index (κ1) is 15.8. The van der Waals surface area contributed by atoms with E-state index in [1.54, 1.807) is 0 Å². The molecule has 0 aromatic carbocycles. The van der Waals surface area contributed by atoms with E-state index in [9.17, 15) is 21.6 Å². The summed E-state index contributed by atoms with van der Waals surface area (Å²) in [4.78, 5) is 0. The maximum absolute atomic E-state index is 12.5. The standard InChI is InChI=1S/C11H16F3IO3S/c1-8(2)9(3)4-5-10(8,6-7(9)15)18-19(16,17)11(12,13)14/h7H,4-6H2,1-3H3/t7-,9+,10+/m0/s1. The number of hydrogen-bond acceptors (Lipinski definition) is 3. The van der Waals surface area contributed by atoms with Gasteiger partial charge < -0.3 is 0 Å². The Hall–Kier alpha value is 0.430. The minimum atomic E-state index is -5.55. The van der Waals surface area contributed by atoms with Crippen LogP contribution in [0.4, 0.5) is 13.2 Å². The molecule has 2 bridgehead atoms. The van der Waals surface area contributed by atoms with Gasteiger partial charge in [-0.25, -0.2) is 0 Å². The van der Waals surface area contributed by atoms with E-state index < -0.39 is 26.6 Å². The highest BCUT2D eigenvalue weighted by Gasteiger charge is 2.72. The first-order valence-corrected chi connectivity index (χ1v) is 8.60. The molecule has 3 nitrogen and oxygen atoms in total. The van der Waals surface area contributed by atoms with Crippen molar-refractivity contribution in [2.75, 3.05) is 0 Å². The van der Waals surface area contributed by atoms with E-state index >= 15 is 0 Å². The Bertz CT molecular complexity index is 502. The predicted molar refractivity (Wildman–Crippen MR) is 72.3 cm³/mol. The van der Waals surface area contributed by atoms with Crippen molar-refractivity contribution < 1.29 is 25.8 Å². The van der Waals surface area contributed by atoms with E-state index in [4.69, 9.17) is 4.18 Å². The highest BCUT2D eigenvalue weighted by molar-refractivity contribution is 14.1. The summed E-state index contributed by atoms with van der Waals surface area (Å²) < 4.78 is 65.1. The first-order valence-electron chi connectivity index (χ1n) is 5.95. The zero-order valence-corrected chi connectivity index (χ0v) is 13.8. The zero-order valence-electron chi connectivity index (χ0n) is 10.8. The van der Waals surface area contributed by atoms with Crippen molar-refractivity contribution in [3.05, 3.63) is 0 Å². The topological polar surface area (TPSA) is 43.4 Å². The van der Waals surface area contributed by atoms with Crippen LogP contribution in [0.5, 0.6) is 0 Å². The van der Waals surface area contributed by atoms with Crippen LogP contribution < -0.4 is 0 Å². The Morgan fingerprint density at radius 3 is 2.05 bits per heavy atom. The molecule has 0 heterocycles. The molecule has 0 aromatic heterocycles. The molecule has 0 aliphatic heterocycles. The number of rotatable bonds is 2. The number of alkyl halides is 4. The summed E-state index contributed by atoms with van der Waals surface area (Å²) in [5.74, 6) is 0. The van der Waals surface area contributed by atoms with E-state index in [0.29, 0.717) is 19.3 Å². The van der Waals surface area contributed by atoms with Crippen molar-refractivity contribution in [3.8, 4) is 0 Å². The Labute approximate surface area is 124 Å². The minimum absolute atomic E-state index is 0.109. The van der Waals surface area contributed by atoms with Gasteiger partial charge in [0.25, 0.3) is 0 Å². The lowest BCUT2D eigenvalue weighted by Crippen LogP contribution is -2.46. The van der Waals surface area contributed by atoms with Gasteiger partial charge in [0.1, 0.15) is 0 Å². The zero-order chi connectivity index (χ0) is 14.9.